The Kier molecular flexibility index (Phi) is 4.07. The Morgan fingerprint density at radius 1 is 1.59 bits per heavy atom. The average Bonchev–Trinajstić information content (AvgIpc) is 2.19. The van der Waals surface area contributed by atoms with Crippen molar-refractivity contribution in [3.05, 3.63) is 27.7 Å². The molecular formula is C12H14BrClN2O. The van der Waals surface area contributed by atoms with Crippen LogP contribution in [0.15, 0.2) is 22.7 Å². The van der Waals surface area contributed by atoms with E-state index in [1.165, 1.54) is 0 Å². The normalized spacial score (nSPS) is 17.4. The Bertz CT molecular complexity index is 435. The van der Waals surface area contributed by atoms with E-state index in [-0.39, 0.29) is 11.8 Å². The molecule has 3 nitrogen and oxygen atoms in total. The molecule has 5 heteroatoms. The summed E-state index contributed by atoms with van der Waals surface area (Å²) in [6.07, 6.45) is 0. The van der Waals surface area contributed by atoms with Crippen molar-refractivity contribution in [1.29, 1.82) is 0 Å². The number of rotatable bonds is 3. The maximum Gasteiger partial charge on any atom is 0.227 e. The first-order valence-corrected chi connectivity index (χ1v) is 6.71. The molecule has 0 bridgehead atoms. The number of halogens is 2. The zero-order valence-electron chi connectivity index (χ0n) is 9.47. The molecule has 1 aliphatic rings. The minimum absolute atomic E-state index is 0.0267. The van der Waals surface area contributed by atoms with E-state index in [1.807, 2.05) is 6.92 Å². The highest BCUT2D eigenvalue weighted by molar-refractivity contribution is 9.10. The summed E-state index contributed by atoms with van der Waals surface area (Å²) in [5, 5.41) is 6.73. The van der Waals surface area contributed by atoms with Crippen LogP contribution in [0.1, 0.15) is 6.92 Å². The lowest BCUT2D eigenvalue weighted by Crippen LogP contribution is -2.48. The SMILES string of the molecule is CC(C(=O)Nc1ccc(Cl)cc1Br)C1CNC1. The van der Waals surface area contributed by atoms with Gasteiger partial charge >= 0.3 is 0 Å². The van der Waals surface area contributed by atoms with Gasteiger partial charge in [0.2, 0.25) is 5.91 Å². The van der Waals surface area contributed by atoms with Crippen molar-refractivity contribution in [2.75, 3.05) is 18.4 Å². The Labute approximate surface area is 114 Å². The highest BCUT2D eigenvalue weighted by atomic mass is 79.9. The van der Waals surface area contributed by atoms with Gasteiger partial charge < -0.3 is 10.6 Å². The quantitative estimate of drug-likeness (QED) is 0.900. The zero-order chi connectivity index (χ0) is 12.4. The van der Waals surface area contributed by atoms with E-state index in [0.29, 0.717) is 10.9 Å². The van der Waals surface area contributed by atoms with Crippen molar-refractivity contribution in [2.45, 2.75) is 6.92 Å². The fraction of sp³-hybridized carbons (Fsp3) is 0.417. The number of anilines is 1. The molecule has 92 valence electrons. The highest BCUT2D eigenvalue weighted by Gasteiger charge is 2.28. The molecule has 1 heterocycles. The lowest BCUT2D eigenvalue weighted by Gasteiger charge is -2.31. The van der Waals surface area contributed by atoms with Crippen LogP contribution in [0.5, 0.6) is 0 Å². The fourth-order valence-corrected chi connectivity index (χ4v) is 2.50. The summed E-state index contributed by atoms with van der Waals surface area (Å²) in [6.45, 7) is 3.82. The van der Waals surface area contributed by atoms with Crippen molar-refractivity contribution in [3.8, 4) is 0 Å². The van der Waals surface area contributed by atoms with Crippen molar-refractivity contribution >= 4 is 39.1 Å². The number of amides is 1. The maximum atomic E-state index is 12.0. The van der Waals surface area contributed by atoms with Gasteiger partial charge in [-0.25, -0.2) is 0 Å². The van der Waals surface area contributed by atoms with Crippen LogP contribution in [0.4, 0.5) is 5.69 Å². The first-order chi connectivity index (χ1) is 8.08. The van der Waals surface area contributed by atoms with Gasteiger partial charge in [0.25, 0.3) is 0 Å². The molecule has 1 aromatic carbocycles. The van der Waals surface area contributed by atoms with E-state index >= 15 is 0 Å². The highest BCUT2D eigenvalue weighted by Crippen LogP contribution is 2.27. The molecule has 0 aliphatic carbocycles. The molecule has 1 saturated heterocycles. The number of nitrogens with one attached hydrogen (secondary N) is 2. The zero-order valence-corrected chi connectivity index (χ0v) is 11.8. The monoisotopic (exact) mass is 316 g/mol. The summed E-state index contributed by atoms with van der Waals surface area (Å²) in [7, 11) is 0. The van der Waals surface area contributed by atoms with E-state index in [0.717, 1.165) is 23.2 Å². The van der Waals surface area contributed by atoms with Crippen molar-refractivity contribution in [1.82, 2.24) is 5.32 Å². The standard InChI is InChI=1S/C12H14BrClN2O/c1-7(8-5-15-6-8)12(17)16-11-3-2-9(14)4-10(11)13/h2-4,7-8,15H,5-6H2,1H3,(H,16,17). The number of hydrogen-bond donors (Lipinski definition) is 2. The smallest absolute Gasteiger partial charge is 0.227 e. The van der Waals surface area contributed by atoms with Crippen LogP contribution in [-0.2, 0) is 4.79 Å². The van der Waals surface area contributed by atoms with Gasteiger partial charge in [-0.1, -0.05) is 18.5 Å². The van der Waals surface area contributed by atoms with Crippen LogP contribution in [0, 0.1) is 11.8 Å². The molecule has 17 heavy (non-hydrogen) atoms. The van der Waals surface area contributed by atoms with E-state index < -0.39 is 0 Å². The first-order valence-electron chi connectivity index (χ1n) is 5.54. The second kappa shape index (κ2) is 5.38. The average molecular weight is 318 g/mol. The molecule has 1 unspecified atom stereocenters. The Morgan fingerprint density at radius 2 is 2.29 bits per heavy atom. The molecule has 0 saturated carbocycles. The van der Waals surface area contributed by atoms with Crippen LogP contribution in [0.25, 0.3) is 0 Å². The van der Waals surface area contributed by atoms with Crippen LogP contribution in [0.2, 0.25) is 5.02 Å². The van der Waals surface area contributed by atoms with Gasteiger partial charge in [0, 0.05) is 15.4 Å². The Morgan fingerprint density at radius 3 is 2.82 bits per heavy atom. The van der Waals surface area contributed by atoms with Crippen LogP contribution < -0.4 is 10.6 Å². The van der Waals surface area contributed by atoms with Gasteiger partial charge in [-0.05, 0) is 53.1 Å². The largest absolute Gasteiger partial charge is 0.325 e. The first kappa shape index (κ1) is 12.9. The van der Waals surface area contributed by atoms with Gasteiger partial charge in [0.1, 0.15) is 0 Å². The Hall–Kier alpha value is -0.580. The third kappa shape index (κ3) is 3.00. The fourth-order valence-electron chi connectivity index (χ4n) is 1.72. The molecule has 2 rings (SSSR count). The molecule has 0 aromatic heterocycles. The van der Waals surface area contributed by atoms with Crippen LogP contribution >= 0.6 is 27.5 Å². The summed E-state index contributed by atoms with van der Waals surface area (Å²) in [6, 6.07) is 5.33. The number of benzene rings is 1. The molecule has 1 aliphatic heterocycles. The summed E-state index contributed by atoms with van der Waals surface area (Å²) in [4.78, 5) is 12.0. The Balaban J connectivity index is 2.02. The molecular weight excluding hydrogens is 304 g/mol. The van der Waals surface area contributed by atoms with Gasteiger partial charge in [-0.15, -0.1) is 0 Å². The van der Waals surface area contributed by atoms with Crippen molar-refractivity contribution < 1.29 is 4.79 Å². The number of carbonyl (C=O) groups is 1. The molecule has 1 fully saturated rings. The van der Waals surface area contributed by atoms with Gasteiger partial charge in [0.15, 0.2) is 0 Å². The lowest BCUT2D eigenvalue weighted by atomic mass is 9.88. The number of hydrogen-bond acceptors (Lipinski definition) is 2. The molecule has 0 spiro atoms. The van der Waals surface area contributed by atoms with E-state index in [4.69, 9.17) is 11.6 Å². The summed E-state index contributed by atoms with van der Waals surface area (Å²) in [5.74, 6) is 0.527. The van der Waals surface area contributed by atoms with Crippen molar-refractivity contribution in [2.24, 2.45) is 11.8 Å². The predicted octanol–water partition coefficient (Wildman–Crippen LogP) is 2.90. The number of carbonyl (C=O) groups excluding carboxylic acids is 1. The third-order valence-electron chi connectivity index (χ3n) is 3.12. The summed E-state index contributed by atoms with van der Waals surface area (Å²) >= 11 is 9.23. The topological polar surface area (TPSA) is 41.1 Å². The van der Waals surface area contributed by atoms with E-state index in [2.05, 4.69) is 26.6 Å². The van der Waals surface area contributed by atoms with E-state index in [1.54, 1.807) is 18.2 Å². The van der Waals surface area contributed by atoms with Gasteiger partial charge in [0.05, 0.1) is 5.69 Å². The maximum absolute atomic E-state index is 12.0. The minimum atomic E-state index is 0.0267. The second-order valence-corrected chi connectivity index (χ2v) is 5.61. The molecule has 1 atom stereocenters. The van der Waals surface area contributed by atoms with Crippen LogP contribution in [-0.4, -0.2) is 19.0 Å². The molecule has 1 aromatic rings. The second-order valence-electron chi connectivity index (χ2n) is 4.32. The molecule has 0 radical (unpaired) electrons. The lowest BCUT2D eigenvalue weighted by molar-refractivity contribution is -0.121. The van der Waals surface area contributed by atoms with Crippen LogP contribution in [0.3, 0.4) is 0 Å². The summed E-state index contributed by atoms with van der Waals surface area (Å²) in [5.41, 5.74) is 0.763. The molecule has 1 amide bonds. The van der Waals surface area contributed by atoms with E-state index in [9.17, 15) is 4.79 Å². The third-order valence-corrected chi connectivity index (χ3v) is 4.01. The predicted molar refractivity (Wildman–Crippen MR) is 73.3 cm³/mol. The summed E-state index contributed by atoms with van der Waals surface area (Å²) < 4.78 is 0.803. The van der Waals surface area contributed by atoms with Gasteiger partial charge in [-0.2, -0.15) is 0 Å². The van der Waals surface area contributed by atoms with Crippen molar-refractivity contribution in [3.63, 3.8) is 0 Å². The minimum Gasteiger partial charge on any atom is -0.325 e. The molecule has 2 N–H and O–H groups in total. The van der Waals surface area contributed by atoms with Gasteiger partial charge in [-0.3, -0.25) is 4.79 Å².